The lowest BCUT2D eigenvalue weighted by atomic mass is 10.0. The third kappa shape index (κ3) is 2.01. The van der Waals surface area contributed by atoms with Crippen LogP contribution in [0.3, 0.4) is 0 Å². The molecule has 0 aliphatic rings. The second-order valence-corrected chi connectivity index (χ2v) is 3.93. The van der Waals surface area contributed by atoms with Crippen molar-refractivity contribution in [3.05, 3.63) is 53.3 Å². The smallest absolute Gasteiger partial charge is 0.169 e. The average molecular weight is 211 g/mol. The number of hydrogen-bond acceptors (Lipinski definition) is 2. The molecule has 1 aromatic carbocycles. The molecule has 1 aromatic heterocycles. The molecule has 0 radical (unpaired) electrons. The molecule has 0 saturated heterocycles. The summed E-state index contributed by atoms with van der Waals surface area (Å²) in [5.41, 5.74) is 4.67. The van der Waals surface area contributed by atoms with E-state index in [1.807, 2.05) is 38.1 Å². The first-order valence-electron chi connectivity index (χ1n) is 5.19. The summed E-state index contributed by atoms with van der Waals surface area (Å²) in [7, 11) is 0. The Kier molecular flexibility index (Phi) is 2.82. The van der Waals surface area contributed by atoms with Crippen LogP contribution >= 0.6 is 0 Å². The highest BCUT2D eigenvalue weighted by atomic mass is 16.1. The molecule has 0 bridgehead atoms. The third-order valence-electron chi connectivity index (χ3n) is 2.50. The van der Waals surface area contributed by atoms with E-state index in [1.54, 1.807) is 6.20 Å². The van der Waals surface area contributed by atoms with Gasteiger partial charge < -0.3 is 0 Å². The van der Waals surface area contributed by atoms with Crippen LogP contribution in [0.15, 0.2) is 36.5 Å². The first-order chi connectivity index (χ1) is 7.70. The van der Waals surface area contributed by atoms with Gasteiger partial charge in [-0.2, -0.15) is 0 Å². The van der Waals surface area contributed by atoms with Gasteiger partial charge in [-0.3, -0.25) is 9.78 Å². The van der Waals surface area contributed by atoms with Crippen molar-refractivity contribution >= 4 is 6.29 Å². The van der Waals surface area contributed by atoms with Crippen molar-refractivity contribution in [1.82, 2.24) is 4.98 Å². The van der Waals surface area contributed by atoms with Gasteiger partial charge in [-0.25, -0.2) is 0 Å². The van der Waals surface area contributed by atoms with Crippen LogP contribution in [0.1, 0.15) is 21.6 Å². The summed E-state index contributed by atoms with van der Waals surface area (Å²) < 4.78 is 0. The maximum Gasteiger partial charge on any atom is 0.169 e. The zero-order chi connectivity index (χ0) is 11.5. The highest BCUT2D eigenvalue weighted by Crippen LogP contribution is 2.23. The number of pyridine rings is 1. The van der Waals surface area contributed by atoms with Crippen LogP contribution in [0.4, 0.5) is 0 Å². The van der Waals surface area contributed by atoms with Crippen LogP contribution in [-0.4, -0.2) is 11.3 Å². The summed E-state index contributed by atoms with van der Waals surface area (Å²) in [6, 6.07) is 10.1. The van der Waals surface area contributed by atoms with Crippen molar-refractivity contribution < 1.29 is 4.79 Å². The number of carbonyl (C=O) groups is 1. The van der Waals surface area contributed by atoms with E-state index in [9.17, 15) is 4.79 Å². The van der Waals surface area contributed by atoms with Crippen molar-refractivity contribution in [2.24, 2.45) is 0 Å². The van der Waals surface area contributed by atoms with Gasteiger partial charge in [0.1, 0.15) is 5.69 Å². The lowest BCUT2D eigenvalue weighted by Gasteiger charge is -2.06. The zero-order valence-electron chi connectivity index (χ0n) is 9.40. The number of aryl methyl sites for hydroxylation is 2. The summed E-state index contributed by atoms with van der Waals surface area (Å²) in [6.07, 6.45) is 2.51. The highest BCUT2D eigenvalue weighted by molar-refractivity contribution is 5.85. The molecule has 80 valence electrons. The van der Waals surface area contributed by atoms with Crippen LogP contribution in [0, 0.1) is 13.8 Å². The quantitative estimate of drug-likeness (QED) is 0.714. The molecule has 0 aliphatic heterocycles. The first kappa shape index (κ1) is 10.6. The van der Waals surface area contributed by atoms with E-state index in [-0.39, 0.29) is 0 Å². The summed E-state index contributed by atoms with van der Waals surface area (Å²) >= 11 is 0. The lowest BCUT2D eigenvalue weighted by Crippen LogP contribution is -1.93. The van der Waals surface area contributed by atoms with Crippen molar-refractivity contribution in [2.75, 3.05) is 0 Å². The summed E-state index contributed by atoms with van der Waals surface area (Å²) in [4.78, 5) is 15.1. The van der Waals surface area contributed by atoms with Gasteiger partial charge in [0.05, 0.1) is 0 Å². The van der Waals surface area contributed by atoms with Gasteiger partial charge in [0.15, 0.2) is 6.29 Å². The number of hydrogen-bond donors (Lipinski definition) is 0. The standard InChI is InChI=1S/C14H13NO/c1-10-4-3-5-12(6-10)13-7-11(2)8-15-14(13)9-16/h3-9H,1-2H3. The van der Waals surface area contributed by atoms with Crippen LogP contribution < -0.4 is 0 Å². The predicted molar refractivity (Wildman–Crippen MR) is 64.5 cm³/mol. The van der Waals surface area contributed by atoms with Gasteiger partial charge in [0.25, 0.3) is 0 Å². The molecule has 0 atom stereocenters. The molecule has 2 nitrogen and oxygen atoms in total. The minimum absolute atomic E-state index is 0.496. The number of nitrogens with zero attached hydrogens (tertiary/aromatic N) is 1. The number of aromatic nitrogens is 1. The molecular formula is C14H13NO. The van der Waals surface area contributed by atoms with Crippen molar-refractivity contribution in [3.8, 4) is 11.1 Å². The topological polar surface area (TPSA) is 30.0 Å². The van der Waals surface area contributed by atoms with Gasteiger partial charge in [-0.15, -0.1) is 0 Å². The monoisotopic (exact) mass is 211 g/mol. The van der Waals surface area contributed by atoms with E-state index in [0.29, 0.717) is 5.69 Å². The number of benzene rings is 1. The van der Waals surface area contributed by atoms with Crippen molar-refractivity contribution in [1.29, 1.82) is 0 Å². The maximum atomic E-state index is 10.9. The SMILES string of the molecule is Cc1cccc(-c2cc(C)cnc2C=O)c1. The largest absolute Gasteiger partial charge is 0.296 e. The normalized spacial score (nSPS) is 10.1. The van der Waals surface area contributed by atoms with Crippen LogP contribution in [0.2, 0.25) is 0 Å². The molecule has 0 unspecified atom stereocenters. The van der Waals surface area contributed by atoms with E-state index in [4.69, 9.17) is 0 Å². The summed E-state index contributed by atoms with van der Waals surface area (Å²) in [5.74, 6) is 0. The minimum atomic E-state index is 0.496. The Hall–Kier alpha value is -1.96. The van der Waals surface area contributed by atoms with Gasteiger partial charge in [0, 0.05) is 11.8 Å². The van der Waals surface area contributed by atoms with E-state index in [1.165, 1.54) is 5.56 Å². The first-order valence-corrected chi connectivity index (χ1v) is 5.19. The molecule has 0 amide bonds. The lowest BCUT2D eigenvalue weighted by molar-refractivity contribution is 0.111. The second kappa shape index (κ2) is 4.27. The molecule has 16 heavy (non-hydrogen) atoms. The number of carbonyl (C=O) groups excluding carboxylic acids is 1. The van der Waals surface area contributed by atoms with Gasteiger partial charge in [-0.1, -0.05) is 29.8 Å². The predicted octanol–water partition coefficient (Wildman–Crippen LogP) is 3.18. The van der Waals surface area contributed by atoms with Crippen LogP contribution in [0.5, 0.6) is 0 Å². The zero-order valence-corrected chi connectivity index (χ0v) is 9.40. The second-order valence-electron chi connectivity index (χ2n) is 3.93. The fraction of sp³-hybridized carbons (Fsp3) is 0.143. The maximum absolute atomic E-state index is 10.9. The van der Waals surface area contributed by atoms with E-state index in [0.717, 1.165) is 23.0 Å². The molecule has 0 N–H and O–H groups in total. The molecule has 0 fully saturated rings. The molecule has 2 heteroatoms. The van der Waals surface area contributed by atoms with E-state index >= 15 is 0 Å². The Morgan fingerprint density at radius 2 is 1.94 bits per heavy atom. The minimum Gasteiger partial charge on any atom is -0.296 e. The third-order valence-corrected chi connectivity index (χ3v) is 2.50. The van der Waals surface area contributed by atoms with Gasteiger partial charge in [0.2, 0.25) is 0 Å². The number of rotatable bonds is 2. The summed E-state index contributed by atoms with van der Waals surface area (Å²) in [6.45, 7) is 4.01. The molecular weight excluding hydrogens is 198 g/mol. The molecule has 0 spiro atoms. The highest BCUT2D eigenvalue weighted by Gasteiger charge is 2.06. The Bertz CT molecular complexity index is 532. The van der Waals surface area contributed by atoms with E-state index < -0.39 is 0 Å². The Balaban J connectivity index is 2.62. The van der Waals surface area contributed by atoms with E-state index in [2.05, 4.69) is 11.1 Å². The Labute approximate surface area is 95.0 Å². The fourth-order valence-electron chi connectivity index (χ4n) is 1.72. The van der Waals surface area contributed by atoms with Crippen LogP contribution in [-0.2, 0) is 0 Å². The molecule has 1 heterocycles. The Morgan fingerprint density at radius 3 is 2.62 bits per heavy atom. The fourth-order valence-corrected chi connectivity index (χ4v) is 1.72. The number of aldehydes is 1. The Morgan fingerprint density at radius 1 is 1.12 bits per heavy atom. The molecule has 2 rings (SSSR count). The van der Waals surface area contributed by atoms with Crippen molar-refractivity contribution in [3.63, 3.8) is 0 Å². The molecule has 0 aliphatic carbocycles. The average Bonchev–Trinajstić information content (AvgIpc) is 2.29. The van der Waals surface area contributed by atoms with Gasteiger partial charge in [-0.05, 0) is 31.0 Å². The van der Waals surface area contributed by atoms with Gasteiger partial charge >= 0.3 is 0 Å². The molecule has 2 aromatic rings. The molecule has 0 saturated carbocycles. The van der Waals surface area contributed by atoms with Crippen molar-refractivity contribution in [2.45, 2.75) is 13.8 Å². The van der Waals surface area contributed by atoms with Crippen LogP contribution in [0.25, 0.3) is 11.1 Å². The summed E-state index contributed by atoms with van der Waals surface area (Å²) in [5, 5.41) is 0.